The van der Waals surface area contributed by atoms with Gasteiger partial charge in [0.2, 0.25) is 5.89 Å². The molecule has 9 heteroatoms. The molecule has 0 aliphatic carbocycles. The molecule has 0 saturated carbocycles. The Morgan fingerprint density at radius 3 is 2.63 bits per heavy atom. The number of amides is 3. The maximum atomic E-state index is 12.0. The maximum absolute atomic E-state index is 12.0. The quantitative estimate of drug-likeness (QED) is 0.583. The van der Waals surface area contributed by atoms with Gasteiger partial charge in [-0.3, -0.25) is 14.5 Å². The Balaban J connectivity index is 1.42. The van der Waals surface area contributed by atoms with Gasteiger partial charge in [0.25, 0.3) is 11.8 Å². The van der Waals surface area contributed by atoms with Crippen LogP contribution in [-0.2, 0) is 20.9 Å². The molecule has 142 valence electrons. The van der Waals surface area contributed by atoms with Crippen molar-refractivity contribution in [2.24, 2.45) is 0 Å². The van der Waals surface area contributed by atoms with Crippen LogP contribution in [-0.4, -0.2) is 45.1 Å². The Morgan fingerprint density at radius 1 is 1.22 bits per heavy atom. The Labute approximate surface area is 155 Å². The average molecular weight is 372 g/mol. The molecule has 0 bridgehead atoms. The number of nitrogens with zero attached hydrogens (tertiary/aromatic N) is 3. The highest BCUT2D eigenvalue weighted by molar-refractivity contribution is 6.06. The van der Waals surface area contributed by atoms with E-state index in [1.165, 1.54) is 0 Å². The maximum Gasteiger partial charge on any atom is 0.325 e. The van der Waals surface area contributed by atoms with Crippen molar-refractivity contribution in [3.05, 3.63) is 36.2 Å². The van der Waals surface area contributed by atoms with Crippen LogP contribution in [0.2, 0.25) is 0 Å². The normalized spacial score (nSPS) is 15.7. The zero-order chi connectivity index (χ0) is 19.4. The fraction of sp³-hybridized carbons (Fsp3) is 0.389. The standard InChI is InChI=1S/C18H20N4O5/c1-18(2)16(24)22(17(25)19-18)10-6-9-14(23)26-11-13-20-21-15(27-13)12-7-4-3-5-8-12/h3-5,7-8H,6,9-11H2,1-2H3,(H,19,25). The fourth-order valence-corrected chi connectivity index (χ4v) is 2.63. The van der Waals surface area contributed by atoms with E-state index in [2.05, 4.69) is 15.5 Å². The first kappa shape index (κ1) is 18.6. The third kappa shape index (κ3) is 4.30. The van der Waals surface area contributed by atoms with Gasteiger partial charge in [0.15, 0.2) is 6.61 Å². The number of ether oxygens (including phenoxy) is 1. The molecule has 3 amide bonds. The summed E-state index contributed by atoms with van der Waals surface area (Å²) < 4.78 is 10.5. The van der Waals surface area contributed by atoms with E-state index in [9.17, 15) is 14.4 Å². The van der Waals surface area contributed by atoms with Crippen LogP contribution < -0.4 is 5.32 Å². The first-order valence-corrected chi connectivity index (χ1v) is 8.54. The Hall–Kier alpha value is -3.23. The molecule has 3 rings (SSSR count). The van der Waals surface area contributed by atoms with Crippen molar-refractivity contribution < 1.29 is 23.5 Å². The summed E-state index contributed by atoms with van der Waals surface area (Å²) in [5.41, 5.74) is -0.134. The molecule has 0 unspecified atom stereocenters. The van der Waals surface area contributed by atoms with Crippen LogP contribution in [0.3, 0.4) is 0 Å². The minimum atomic E-state index is -0.911. The van der Waals surface area contributed by atoms with E-state index in [0.29, 0.717) is 12.3 Å². The lowest BCUT2D eigenvalue weighted by molar-refractivity contribution is -0.146. The Morgan fingerprint density at radius 2 is 1.96 bits per heavy atom. The number of rotatable bonds is 7. The van der Waals surface area contributed by atoms with Crippen molar-refractivity contribution in [2.75, 3.05) is 6.54 Å². The third-order valence-corrected chi connectivity index (χ3v) is 4.05. The fourth-order valence-electron chi connectivity index (χ4n) is 2.63. The van der Waals surface area contributed by atoms with E-state index in [1.807, 2.05) is 30.3 Å². The summed E-state index contributed by atoms with van der Waals surface area (Å²) in [4.78, 5) is 36.7. The van der Waals surface area contributed by atoms with Crippen molar-refractivity contribution in [1.29, 1.82) is 0 Å². The van der Waals surface area contributed by atoms with Crippen LogP contribution in [0.25, 0.3) is 11.5 Å². The van der Waals surface area contributed by atoms with Crippen LogP contribution >= 0.6 is 0 Å². The van der Waals surface area contributed by atoms with E-state index >= 15 is 0 Å². The number of hydrogen-bond donors (Lipinski definition) is 1. The summed E-state index contributed by atoms with van der Waals surface area (Å²) >= 11 is 0. The van der Waals surface area contributed by atoms with Crippen molar-refractivity contribution in [3.8, 4) is 11.5 Å². The van der Waals surface area contributed by atoms with Gasteiger partial charge in [-0.15, -0.1) is 10.2 Å². The summed E-state index contributed by atoms with van der Waals surface area (Å²) in [6.07, 6.45) is 0.379. The van der Waals surface area contributed by atoms with Crippen molar-refractivity contribution in [3.63, 3.8) is 0 Å². The highest BCUT2D eigenvalue weighted by Crippen LogP contribution is 2.18. The molecule has 1 N–H and O–H groups in total. The second-order valence-corrected chi connectivity index (χ2v) is 6.64. The SMILES string of the molecule is CC1(C)NC(=O)N(CCCC(=O)OCc2nnc(-c3ccccc3)o2)C1=O. The smallest absolute Gasteiger partial charge is 0.325 e. The van der Waals surface area contributed by atoms with Crippen molar-refractivity contribution in [1.82, 2.24) is 20.4 Å². The number of urea groups is 1. The molecule has 1 fully saturated rings. The van der Waals surface area contributed by atoms with Crippen LogP contribution in [0, 0.1) is 0 Å². The molecule has 1 aliphatic rings. The second kappa shape index (κ2) is 7.56. The first-order valence-electron chi connectivity index (χ1n) is 8.54. The monoisotopic (exact) mass is 372 g/mol. The van der Waals surface area contributed by atoms with E-state index in [4.69, 9.17) is 9.15 Å². The number of esters is 1. The number of carbonyl (C=O) groups excluding carboxylic acids is 3. The van der Waals surface area contributed by atoms with Gasteiger partial charge in [0.05, 0.1) is 0 Å². The van der Waals surface area contributed by atoms with Crippen molar-refractivity contribution >= 4 is 17.9 Å². The molecule has 0 spiro atoms. The molecule has 2 aromatic rings. The number of benzene rings is 1. The number of carbonyl (C=O) groups is 3. The molecule has 0 radical (unpaired) electrons. The van der Waals surface area contributed by atoms with Crippen LogP contribution in [0.4, 0.5) is 4.79 Å². The molecule has 1 aliphatic heterocycles. The highest BCUT2D eigenvalue weighted by Gasteiger charge is 2.43. The summed E-state index contributed by atoms with van der Waals surface area (Å²) in [7, 11) is 0. The van der Waals surface area contributed by atoms with Crippen LogP contribution in [0.5, 0.6) is 0 Å². The molecular weight excluding hydrogens is 352 g/mol. The van der Waals surface area contributed by atoms with Gasteiger partial charge < -0.3 is 14.5 Å². The topological polar surface area (TPSA) is 115 Å². The molecule has 27 heavy (non-hydrogen) atoms. The van der Waals surface area contributed by atoms with E-state index in [-0.39, 0.29) is 31.4 Å². The lowest BCUT2D eigenvalue weighted by atomic mass is 10.1. The van der Waals surface area contributed by atoms with Gasteiger partial charge in [0, 0.05) is 18.5 Å². The Bertz CT molecular complexity index is 846. The second-order valence-electron chi connectivity index (χ2n) is 6.64. The van der Waals surface area contributed by atoms with Gasteiger partial charge >= 0.3 is 12.0 Å². The zero-order valence-corrected chi connectivity index (χ0v) is 15.1. The van der Waals surface area contributed by atoms with Gasteiger partial charge in [0.1, 0.15) is 5.54 Å². The van der Waals surface area contributed by atoms with E-state index in [0.717, 1.165) is 10.5 Å². The number of hydrogen-bond acceptors (Lipinski definition) is 7. The number of nitrogens with one attached hydrogen (secondary N) is 1. The molecule has 0 atom stereocenters. The van der Waals surface area contributed by atoms with Gasteiger partial charge in [-0.05, 0) is 32.4 Å². The predicted octanol–water partition coefficient (Wildman–Crippen LogP) is 1.89. The third-order valence-electron chi connectivity index (χ3n) is 4.05. The first-order chi connectivity index (χ1) is 12.9. The lowest BCUT2D eigenvalue weighted by Gasteiger charge is -2.15. The van der Waals surface area contributed by atoms with Crippen molar-refractivity contribution in [2.45, 2.75) is 38.8 Å². The predicted molar refractivity (Wildman–Crippen MR) is 93.1 cm³/mol. The summed E-state index contributed by atoms with van der Waals surface area (Å²) in [6.45, 7) is 3.29. The van der Waals surface area contributed by atoms with E-state index < -0.39 is 17.5 Å². The van der Waals surface area contributed by atoms with Crippen LogP contribution in [0.1, 0.15) is 32.6 Å². The van der Waals surface area contributed by atoms with E-state index in [1.54, 1.807) is 13.8 Å². The average Bonchev–Trinajstić information content (AvgIpc) is 3.19. The Kier molecular flexibility index (Phi) is 5.20. The summed E-state index contributed by atoms with van der Waals surface area (Å²) in [5, 5.41) is 10.3. The summed E-state index contributed by atoms with van der Waals surface area (Å²) in [5.74, 6) is -0.234. The van der Waals surface area contributed by atoms with Gasteiger partial charge in [-0.1, -0.05) is 18.2 Å². The molecule has 9 nitrogen and oxygen atoms in total. The molecule has 2 heterocycles. The largest absolute Gasteiger partial charge is 0.456 e. The van der Waals surface area contributed by atoms with Gasteiger partial charge in [-0.25, -0.2) is 4.79 Å². The number of aromatic nitrogens is 2. The lowest BCUT2D eigenvalue weighted by Crippen LogP contribution is -2.40. The minimum absolute atomic E-state index is 0.0666. The zero-order valence-electron chi connectivity index (χ0n) is 15.1. The van der Waals surface area contributed by atoms with Crippen LogP contribution in [0.15, 0.2) is 34.7 Å². The van der Waals surface area contributed by atoms with Gasteiger partial charge in [-0.2, -0.15) is 0 Å². The number of imide groups is 1. The molecule has 1 aromatic carbocycles. The molecule has 1 aromatic heterocycles. The molecular formula is C18H20N4O5. The summed E-state index contributed by atoms with van der Waals surface area (Å²) in [6, 6.07) is 8.80. The highest BCUT2D eigenvalue weighted by atomic mass is 16.5. The minimum Gasteiger partial charge on any atom is -0.456 e. The molecule has 1 saturated heterocycles.